The summed E-state index contributed by atoms with van der Waals surface area (Å²) >= 11 is 0. The largest absolute Gasteiger partial charge is 0.444 e. The van der Waals surface area contributed by atoms with E-state index >= 15 is 0 Å². The zero-order valence-corrected chi connectivity index (χ0v) is 10.5. The van der Waals surface area contributed by atoms with Gasteiger partial charge < -0.3 is 14.4 Å². The van der Waals surface area contributed by atoms with Crippen LogP contribution in [0.25, 0.3) is 0 Å². The van der Waals surface area contributed by atoms with E-state index in [2.05, 4.69) is 6.07 Å². The molecule has 5 heteroatoms. The highest BCUT2D eigenvalue weighted by Crippen LogP contribution is 2.38. The fraction of sp³-hybridized carbons (Fsp3) is 0.833. The standard InChI is InChI=1S/C12H18N2O3/c1-11(2,3)17-10(15)14-7-12(8-14)4-9(5-13)6-16-12/h9H,4,6-8H2,1-3H3/t9-/m1/s1. The van der Waals surface area contributed by atoms with Gasteiger partial charge in [-0.2, -0.15) is 5.26 Å². The van der Waals surface area contributed by atoms with Crippen LogP contribution in [0.3, 0.4) is 0 Å². The third-order valence-electron chi connectivity index (χ3n) is 3.00. The normalized spacial score (nSPS) is 26.5. The van der Waals surface area contributed by atoms with Crippen molar-refractivity contribution in [2.24, 2.45) is 5.92 Å². The van der Waals surface area contributed by atoms with Crippen LogP contribution >= 0.6 is 0 Å². The molecule has 2 fully saturated rings. The molecule has 2 heterocycles. The van der Waals surface area contributed by atoms with E-state index in [1.165, 1.54) is 0 Å². The van der Waals surface area contributed by atoms with Crippen LogP contribution in [-0.4, -0.2) is 41.9 Å². The third kappa shape index (κ3) is 2.52. The molecule has 0 radical (unpaired) electrons. The number of carbonyl (C=O) groups excluding carboxylic acids is 1. The molecule has 0 unspecified atom stereocenters. The van der Waals surface area contributed by atoms with Crippen molar-refractivity contribution in [1.29, 1.82) is 5.26 Å². The third-order valence-corrected chi connectivity index (χ3v) is 3.00. The number of likely N-dealkylation sites (tertiary alicyclic amines) is 1. The molecule has 0 aromatic rings. The van der Waals surface area contributed by atoms with Gasteiger partial charge in [-0.25, -0.2) is 4.79 Å². The second-order valence-corrected chi connectivity index (χ2v) is 5.86. The topological polar surface area (TPSA) is 62.6 Å². The highest BCUT2D eigenvalue weighted by molar-refractivity contribution is 5.69. The van der Waals surface area contributed by atoms with Gasteiger partial charge in [-0.05, 0) is 27.2 Å². The number of hydrogen-bond acceptors (Lipinski definition) is 4. The van der Waals surface area contributed by atoms with Gasteiger partial charge >= 0.3 is 6.09 Å². The average Bonchev–Trinajstić information content (AvgIpc) is 2.56. The number of nitrogens with zero attached hydrogens (tertiary/aromatic N) is 2. The van der Waals surface area contributed by atoms with Crippen molar-refractivity contribution >= 4 is 6.09 Å². The minimum atomic E-state index is -0.467. The Kier molecular flexibility index (Phi) is 2.78. The van der Waals surface area contributed by atoms with Gasteiger partial charge in [0.15, 0.2) is 0 Å². The van der Waals surface area contributed by atoms with Crippen LogP contribution in [0.5, 0.6) is 0 Å². The number of rotatable bonds is 0. The van der Waals surface area contributed by atoms with Crippen molar-refractivity contribution < 1.29 is 14.3 Å². The lowest BCUT2D eigenvalue weighted by Gasteiger charge is -2.46. The lowest BCUT2D eigenvalue weighted by molar-refractivity contribution is -0.109. The van der Waals surface area contributed by atoms with Crippen LogP contribution in [-0.2, 0) is 9.47 Å². The van der Waals surface area contributed by atoms with Crippen LogP contribution in [0.15, 0.2) is 0 Å². The summed E-state index contributed by atoms with van der Waals surface area (Å²) in [5, 5.41) is 8.81. The smallest absolute Gasteiger partial charge is 0.410 e. The quantitative estimate of drug-likeness (QED) is 0.642. The van der Waals surface area contributed by atoms with Gasteiger partial charge in [0.1, 0.15) is 11.2 Å². The van der Waals surface area contributed by atoms with Crippen LogP contribution in [0.2, 0.25) is 0 Å². The second-order valence-electron chi connectivity index (χ2n) is 5.86. The minimum absolute atomic E-state index is 0.0317. The van der Waals surface area contributed by atoms with Crippen molar-refractivity contribution in [2.45, 2.75) is 38.4 Å². The Balaban J connectivity index is 1.83. The first-order chi connectivity index (χ1) is 7.84. The van der Waals surface area contributed by atoms with Gasteiger partial charge in [0.2, 0.25) is 0 Å². The predicted molar refractivity (Wildman–Crippen MR) is 60.2 cm³/mol. The molecule has 1 amide bonds. The highest BCUT2D eigenvalue weighted by atomic mass is 16.6. The van der Waals surface area contributed by atoms with E-state index in [1.807, 2.05) is 20.8 Å². The lowest BCUT2D eigenvalue weighted by atomic mass is 9.88. The summed E-state index contributed by atoms with van der Waals surface area (Å²) in [6, 6.07) is 2.21. The molecule has 0 aromatic carbocycles. The molecule has 5 nitrogen and oxygen atoms in total. The summed E-state index contributed by atoms with van der Waals surface area (Å²) in [7, 11) is 0. The van der Waals surface area contributed by atoms with Crippen molar-refractivity contribution in [1.82, 2.24) is 4.90 Å². The molecule has 0 aliphatic carbocycles. The van der Waals surface area contributed by atoms with E-state index in [0.29, 0.717) is 19.7 Å². The van der Waals surface area contributed by atoms with E-state index < -0.39 is 5.60 Å². The minimum Gasteiger partial charge on any atom is -0.444 e. The molecule has 1 spiro atoms. The average molecular weight is 238 g/mol. The van der Waals surface area contributed by atoms with E-state index in [-0.39, 0.29) is 17.6 Å². The Labute approximate surface area is 101 Å². The fourth-order valence-electron chi connectivity index (χ4n) is 2.25. The van der Waals surface area contributed by atoms with Gasteiger partial charge in [-0.3, -0.25) is 0 Å². The second kappa shape index (κ2) is 3.88. The van der Waals surface area contributed by atoms with Crippen molar-refractivity contribution in [2.75, 3.05) is 19.7 Å². The molecule has 2 aliphatic rings. The van der Waals surface area contributed by atoms with E-state index in [0.717, 1.165) is 6.42 Å². The molecule has 1 atom stereocenters. The summed E-state index contributed by atoms with van der Waals surface area (Å²) < 4.78 is 10.9. The van der Waals surface area contributed by atoms with Gasteiger partial charge in [0.05, 0.1) is 31.7 Å². The Morgan fingerprint density at radius 1 is 1.53 bits per heavy atom. The Bertz CT molecular complexity index is 361. The van der Waals surface area contributed by atoms with Crippen LogP contribution in [0.4, 0.5) is 4.79 Å². The molecule has 2 rings (SSSR count). The van der Waals surface area contributed by atoms with Gasteiger partial charge in [-0.1, -0.05) is 0 Å². The first-order valence-corrected chi connectivity index (χ1v) is 5.85. The van der Waals surface area contributed by atoms with Crippen molar-refractivity contribution in [3.05, 3.63) is 0 Å². The summed E-state index contributed by atoms with van der Waals surface area (Å²) in [6.45, 7) is 7.10. The maximum absolute atomic E-state index is 11.7. The number of amides is 1. The monoisotopic (exact) mass is 238 g/mol. The number of hydrogen-bond donors (Lipinski definition) is 0. The molecular formula is C12H18N2O3. The molecule has 0 saturated carbocycles. The number of ether oxygens (including phenoxy) is 2. The molecular weight excluding hydrogens is 220 g/mol. The molecule has 0 N–H and O–H groups in total. The van der Waals surface area contributed by atoms with Gasteiger partial charge in [-0.15, -0.1) is 0 Å². The highest BCUT2D eigenvalue weighted by Gasteiger charge is 2.52. The maximum Gasteiger partial charge on any atom is 0.410 e. The number of carbonyl (C=O) groups is 1. The molecule has 17 heavy (non-hydrogen) atoms. The SMILES string of the molecule is CC(C)(C)OC(=O)N1CC2(C[C@H](C#N)CO2)C1. The summed E-state index contributed by atoms with van der Waals surface area (Å²) in [5.74, 6) is -0.0317. The van der Waals surface area contributed by atoms with Gasteiger partial charge in [0.25, 0.3) is 0 Å². The Morgan fingerprint density at radius 3 is 2.65 bits per heavy atom. The van der Waals surface area contributed by atoms with Crippen LogP contribution in [0, 0.1) is 17.2 Å². The zero-order chi connectivity index (χ0) is 12.7. The molecule has 94 valence electrons. The van der Waals surface area contributed by atoms with Crippen LogP contribution in [0.1, 0.15) is 27.2 Å². The molecule has 0 aromatic heterocycles. The van der Waals surface area contributed by atoms with E-state index in [1.54, 1.807) is 4.90 Å². The van der Waals surface area contributed by atoms with Crippen molar-refractivity contribution in [3.63, 3.8) is 0 Å². The first-order valence-electron chi connectivity index (χ1n) is 5.85. The molecule has 0 bridgehead atoms. The first kappa shape index (κ1) is 12.2. The van der Waals surface area contributed by atoms with Crippen molar-refractivity contribution in [3.8, 4) is 6.07 Å². The fourth-order valence-corrected chi connectivity index (χ4v) is 2.25. The Morgan fingerprint density at radius 2 is 2.18 bits per heavy atom. The molecule has 2 aliphatic heterocycles. The predicted octanol–water partition coefficient (Wildman–Crippen LogP) is 1.54. The van der Waals surface area contributed by atoms with E-state index in [4.69, 9.17) is 14.7 Å². The zero-order valence-electron chi connectivity index (χ0n) is 10.5. The number of nitriles is 1. The summed E-state index contributed by atoms with van der Waals surface area (Å²) in [4.78, 5) is 13.3. The Hall–Kier alpha value is -1.28. The summed E-state index contributed by atoms with van der Waals surface area (Å²) in [5.41, 5.74) is -0.747. The lowest BCUT2D eigenvalue weighted by Crippen LogP contribution is -2.63. The van der Waals surface area contributed by atoms with Crippen LogP contribution < -0.4 is 0 Å². The summed E-state index contributed by atoms with van der Waals surface area (Å²) in [6.07, 6.45) is 0.426. The molecule has 2 saturated heterocycles. The van der Waals surface area contributed by atoms with Gasteiger partial charge in [0, 0.05) is 0 Å². The van der Waals surface area contributed by atoms with E-state index in [9.17, 15) is 4.79 Å². The maximum atomic E-state index is 11.7.